The molecular weight excluding hydrogens is 310 g/mol. The Hall–Kier alpha value is -1.16. The molecule has 1 saturated carbocycles. The van der Waals surface area contributed by atoms with E-state index < -0.39 is 0 Å². The normalized spacial score (nSPS) is 30.8. The van der Waals surface area contributed by atoms with Crippen LogP contribution in [-0.4, -0.2) is 41.8 Å². The summed E-state index contributed by atoms with van der Waals surface area (Å²) in [5.41, 5.74) is 4.09. The Labute approximate surface area is 151 Å². The smallest absolute Gasteiger partial charge is 0.0849 e. The molecule has 2 heterocycles. The fraction of sp³-hybridized carbons (Fsp3) is 0.636. The largest absolute Gasteiger partial charge is 0.393 e. The number of hydrogen-bond acceptors (Lipinski definition) is 3. The van der Waals surface area contributed by atoms with Gasteiger partial charge in [0.05, 0.1) is 12.2 Å². The molecule has 2 saturated heterocycles. The summed E-state index contributed by atoms with van der Waals surface area (Å²) in [6, 6.07) is 9.64. The number of rotatable bonds is 3. The van der Waals surface area contributed by atoms with Crippen LogP contribution in [0.25, 0.3) is 6.08 Å². The summed E-state index contributed by atoms with van der Waals surface area (Å²) in [4.78, 5) is 2.72. The zero-order chi connectivity index (χ0) is 17.1. The Balaban J connectivity index is 1.37. The number of nitrogens with zero attached hydrogens (tertiary/aromatic N) is 1. The van der Waals surface area contributed by atoms with E-state index in [1.807, 2.05) is 0 Å². The van der Waals surface area contributed by atoms with Gasteiger partial charge in [-0.3, -0.25) is 0 Å². The molecule has 0 radical (unpaired) electrons. The minimum Gasteiger partial charge on any atom is -0.393 e. The third kappa shape index (κ3) is 4.33. The predicted octanol–water partition coefficient (Wildman–Crippen LogP) is 4.32. The van der Waals surface area contributed by atoms with Gasteiger partial charge in [-0.1, -0.05) is 42.3 Å². The maximum absolute atomic E-state index is 9.83. The Kier molecular flexibility index (Phi) is 5.54. The maximum Gasteiger partial charge on any atom is 0.0849 e. The molecule has 2 aliphatic heterocycles. The van der Waals surface area contributed by atoms with Crippen molar-refractivity contribution in [1.29, 1.82) is 0 Å². The molecule has 25 heavy (non-hydrogen) atoms. The minimum atomic E-state index is -0.217. The van der Waals surface area contributed by atoms with Gasteiger partial charge in [0, 0.05) is 25.6 Å². The first-order valence-electron chi connectivity index (χ1n) is 10.1. The number of likely N-dealkylation sites (tertiary alicyclic amines) is 1. The molecule has 2 unspecified atom stereocenters. The van der Waals surface area contributed by atoms with Crippen molar-refractivity contribution in [3.05, 3.63) is 41.0 Å². The van der Waals surface area contributed by atoms with E-state index >= 15 is 0 Å². The summed E-state index contributed by atoms with van der Waals surface area (Å²) in [6.45, 7) is 3.18. The quantitative estimate of drug-likeness (QED) is 0.889. The van der Waals surface area contributed by atoms with E-state index in [9.17, 15) is 5.11 Å². The zero-order valence-electron chi connectivity index (χ0n) is 15.2. The molecule has 3 aliphatic rings. The highest BCUT2D eigenvalue weighted by molar-refractivity contribution is 5.53. The first-order valence-corrected chi connectivity index (χ1v) is 10.1. The van der Waals surface area contributed by atoms with E-state index in [0.29, 0.717) is 6.61 Å². The van der Waals surface area contributed by atoms with Crippen LogP contribution < -0.4 is 0 Å². The van der Waals surface area contributed by atoms with E-state index in [0.717, 1.165) is 18.9 Å². The van der Waals surface area contributed by atoms with Crippen molar-refractivity contribution >= 4 is 6.08 Å². The molecule has 1 aliphatic carbocycles. The van der Waals surface area contributed by atoms with Gasteiger partial charge in [-0.15, -0.1) is 0 Å². The lowest BCUT2D eigenvalue weighted by atomic mass is 9.91. The third-order valence-electron chi connectivity index (χ3n) is 6.19. The SMILES string of the molecule is OC1CCOC(c2ccc(C=C3CCCN(C4CCC4)CC3)cc2)C1. The van der Waals surface area contributed by atoms with Crippen molar-refractivity contribution < 1.29 is 9.84 Å². The van der Waals surface area contributed by atoms with Crippen LogP contribution in [0.1, 0.15) is 68.6 Å². The van der Waals surface area contributed by atoms with Crippen LogP contribution in [-0.2, 0) is 4.74 Å². The molecular formula is C22H31NO2. The van der Waals surface area contributed by atoms with Crippen LogP contribution in [0.3, 0.4) is 0 Å². The molecule has 1 aromatic rings. The van der Waals surface area contributed by atoms with E-state index in [-0.39, 0.29) is 12.2 Å². The monoisotopic (exact) mass is 341 g/mol. The summed E-state index contributed by atoms with van der Waals surface area (Å²) in [7, 11) is 0. The van der Waals surface area contributed by atoms with Gasteiger partial charge in [-0.25, -0.2) is 0 Å². The summed E-state index contributed by atoms with van der Waals surface area (Å²) < 4.78 is 5.81. The highest BCUT2D eigenvalue weighted by atomic mass is 16.5. The fourth-order valence-corrected chi connectivity index (χ4v) is 4.35. The van der Waals surface area contributed by atoms with E-state index in [1.54, 1.807) is 5.57 Å². The Morgan fingerprint density at radius 1 is 1.00 bits per heavy atom. The predicted molar refractivity (Wildman–Crippen MR) is 101 cm³/mol. The van der Waals surface area contributed by atoms with Crippen LogP contribution in [0.5, 0.6) is 0 Å². The van der Waals surface area contributed by atoms with Crippen molar-refractivity contribution in [2.24, 2.45) is 0 Å². The molecule has 0 aromatic heterocycles. The van der Waals surface area contributed by atoms with Gasteiger partial charge >= 0.3 is 0 Å². The van der Waals surface area contributed by atoms with Crippen molar-refractivity contribution in [2.75, 3.05) is 19.7 Å². The lowest BCUT2D eigenvalue weighted by Crippen LogP contribution is -2.40. The molecule has 4 rings (SSSR count). The zero-order valence-corrected chi connectivity index (χ0v) is 15.2. The van der Waals surface area contributed by atoms with Crippen molar-refractivity contribution in [3.8, 4) is 0 Å². The van der Waals surface area contributed by atoms with Crippen molar-refractivity contribution in [1.82, 2.24) is 4.90 Å². The van der Waals surface area contributed by atoms with E-state index in [2.05, 4.69) is 35.2 Å². The average Bonchev–Trinajstić information content (AvgIpc) is 2.80. The summed E-state index contributed by atoms with van der Waals surface area (Å²) in [6.07, 6.45) is 11.7. The number of aliphatic hydroxyl groups excluding tert-OH is 1. The Bertz CT molecular complexity index is 591. The minimum absolute atomic E-state index is 0.0550. The molecule has 3 fully saturated rings. The summed E-state index contributed by atoms with van der Waals surface area (Å²) in [5, 5.41) is 9.83. The Morgan fingerprint density at radius 2 is 1.84 bits per heavy atom. The second-order valence-electron chi connectivity index (χ2n) is 7.98. The van der Waals surface area contributed by atoms with Gasteiger partial charge in [0.1, 0.15) is 0 Å². The topological polar surface area (TPSA) is 32.7 Å². The van der Waals surface area contributed by atoms with Crippen molar-refractivity contribution in [2.45, 2.75) is 69.6 Å². The van der Waals surface area contributed by atoms with E-state index in [1.165, 1.54) is 62.7 Å². The third-order valence-corrected chi connectivity index (χ3v) is 6.19. The highest BCUT2D eigenvalue weighted by Gasteiger charge is 2.26. The van der Waals surface area contributed by atoms with Gasteiger partial charge in [-0.2, -0.15) is 0 Å². The lowest BCUT2D eigenvalue weighted by molar-refractivity contribution is -0.0447. The summed E-state index contributed by atoms with van der Waals surface area (Å²) >= 11 is 0. The van der Waals surface area contributed by atoms with Gasteiger partial charge < -0.3 is 14.7 Å². The molecule has 2 atom stereocenters. The number of hydrogen-bond donors (Lipinski definition) is 1. The van der Waals surface area contributed by atoms with Gasteiger partial charge in [0.25, 0.3) is 0 Å². The fourth-order valence-electron chi connectivity index (χ4n) is 4.35. The average molecular weight is 341 g/mol. The number of ether oxygens (including phenoxy) is 1. The molecule has 0 spiro atoms. The van der Waals surface area contributed by atoms with E-state index in [4.69, 9.17) is 4.74 Å². The standard InChI is InChI=1S/C22H31NO2/c24-21-11-14-25-22(16-21)19-8-6-18(7-9-19)15-17-3-2-12-23(13-10-17)20-4-1-5-20/h6-9,15,20-22,24H,1-5,10-14,16H2. The van der Waals surface area contributed by atoms with Crippen LogP contribution in [0.2, 0.25) is 0 Å². The van der Waals surface area contributed by atoms with Gasteiger partial charge in [0.15, 0.2) is 0 Å². The second kappa shape index (κ2) is 8.03. The van der Waals surface area contributed by atoms with Crippen LogP contribution >= 0.6 is 0 Å². The summed E-state index contributed by atoms with van der Waals surface area (Å²) in [5.74, 6) is 0. The first-order chi connectivity index (χ1) is 12.3. The maximum atomic E-state index is 9.83. The first kappa shape index (κ1) is 17.3. The van der Waals surface area contributed by atoms with Crippen LogP contribution in [0, 0.1) is 0 Å². The van der Waals surface area contributed by atoms with Gasteiger partial charge in [-0.05, 0) is 56.2 Å². The molecule has 136 valence electrons. The number of benzene rings is 1. The molecule has 1 aromatic carbocycles. The van der Waals surface area contributed by atoms with Gasteiger partial charge in [0.2, 0.25) is 0 Å². The Morgan fingerprint density at radius 3 is 2.56 bits per heavy atom. The molecule has 0 bridgehead atoms. The highest BCUT2D eigenvalue weighted by Crippen LogP contribution is 2.30. The molecule has 3 heteroatoms. The van der Waals surface area contributed by atoms with Crippen molar-refractivity contribution in [3.63, 3.8) is 0 Å². The van der Waals surface area contributed by atoms with Crippen LogP contribution in [0.15, 0.2) is 29.8 Å². The molecule has 0 amide bonds. The molecule has 1 N–H and O–H groups in total. The number of aliphatic hydroxyl groups is 1. The second-order valence-corrected chi connectivity index (χ2v) is 7.98. The van der Waals surface area contributed by atoms with Crippen LogP contribution in [0.4, 0.5) is 0 Å². The molecule has 3 nitrogen and oxygen atoms in total. The lowest BCUT2D eigenvalue weighted by Gasteiger charge is -2.36.